The molecule has 121 heavy (non-hydrogen) atoms. The minimum atomic E-state index is -3.33. The van der Waals surface area contributed by atoms with Gasteiger partial charge in [0.25, 0.3) is 0 Å². The zero-order valence-electron chi connectivity index (χ0n) is 79.1. The molecule has 0 aliphatic heterocycles. The summed E-state index contributed by atoms with van der Waals surface area (Å²) in [7, 11) is -1.38. The molecule has 0 saturated carbocycles. The molecule has 0 rings (SSSR count). The van der Waals surface area contributed by atoms with E-state index in [0.717, 1.165) is 19.3 Å². The fourth-order valence-electron chi connectivity index (χ4n) is 8.15. The molecule has 2 amide bonds. The maximum absolute atomic E-state index is 11.5. The van der Waals surface area contributed by atoms with E-state index in [0.29, 0.717) is 90.8 Å². The Morgan fingerprint density at radius 2 is 0.554 bits per heavy atom. The maximum atomic E-state index is 11.5. The molecule has 0 aliphatic rings. The Morgan fingerprint density at radius 1 is 0.314 bits per heavy atom. The zero-order valence-corrected chi connectivity index (χ0v) is 80.7. The van der Waals surface area contributed by atoms with Crippen LogP contribution in [0.4, 0.5) is 0 Å². The summed E-state index contributed by atoms with van der Waals surface area (Å²) < 4.78 is 97.0. The topological polar surface area (TPSA) is 568 Å². The number of carbonyl (C=O) groups is 4. The van der Waals surface area contributed by atoms with Crippen molar-refractivity contribution >= 4 is 43.2 Å². The second kappa shape index (κ2) is 85.1. The van der Waals surface area contributed by atoms with E-state index < -0.39 is 117 Å². The van der Waals surface area contributed by atoms with Crippen molar-refractivity contribution in [3.05, 3.63) is 0 Å². The minimum absolute atomic E-state index is 0.0194. The maximum Gasteiger partial charge on any atom is 0.305 e. The molecule has 0 bridgehead atoms. The number of Topliss-reactive ketones (excluding diaryl/α,β-unsaturated/α-hetero) is 1. The number of sulfone groups is 2. The average Bonchev–Trinajstić information content (AvgIpc) is 0.948. The molecule has 0 radical (unpaired) electrons. The monoisotopic (exact) mass is 1810 g/mol. The first-order valence-electron chi connectivity index (χ1n) is 42.7. The number of ether oxygens (including phenoxy) is 10. The predicted octanol–water partition coefficient (Wildman–Crippen LogP) is 3.07. The third-order valence-corrected chi connectivity index (χ3v) is 19.4. The van der Waals surface area contributed by atoms with Gasteiger partial charge in [0.15, 0.2) is 19.7 Å². The molecule has 0 unspecified atom stereocenters. The number of amides is 2. The Hall–Kier alpha value is -3.02. The van der Waals surface area contributed by atoms with E-state index in [1.165, 1.54) is 0 Å². The highest BCUT2D eigenvalue weighted by molar-refractivity contribution is 7.95. The van der Waals surface area contributed by atoms with Crippen LogP contribution in [0.25, 0.3) is 0 Å². The van der Waals surface area contributed by atoms with Crippen LogP contribution in [-0.2, 0) is 86.2 Å². The van der Waals surface area contributed by atoms with E-state index in [2.05, 4.69) is 5.32 Å². The first kappa shape index (κ1) is 136. The molecular formula is C83H178N2O34S2. The van der Waals surface area contributed by atoms with Crippen molar-refractivity contribution in [2.75, 3.05) is 110 Å². The van der Waals surface area contributed by atoms with Gasteiger partial charge in [0.1, 0.15) is 85.6 Å². The van der Waals surface area contributed by atoms with Gasteiger partial charge in [-0.05, 0) is 183 Å². The van der Waals surface area contributed by atoms with Crippen LogP contribution in [0.15, 0.2) is 0 Å². The Morgan fingerprint density at radius 3 is 0.785 bits per heavy atom. The van der Waals surface area contributed by atoms with Gasteiger partial charge in [-0.3, -0.25) is 14.4 Å². The number of rotatable bonds is 57. The quantitative estimate of drug-likeness (QED) is 0.0307. The Bertz CT molecular complexity index is 2370. The number of hydrogen-bond donors (Lipinski definition) is 17. The third kappa shape index (κ3) is 95.9. The van der Waals surface area contributed by atoms with E-state index in [1.54, 1.807) is 130 Å². The van der Waals surface area contributed by atoms with Crippen LogP contribution < -0.4 is 5.32 Å². The first-order chi connectivity index (χ1) is 55.8. The molecule has 736 valence electrons. The number of aliphatic hydroxyl groups is 16. The van der Waals surface area contributed by atoms with Gasteiger partial charge in [0, 0.05) is 72.4 Å². The van der Waals surface area contributed by atoms with E-state index in [-0.39, 0.29) is 135 Å². The number of ketones is 1. The third-order valence-electron chi connectivity index (χ3n) is 15.7. The molecule has 0 aliphatic carbocycles. The fourth-order valence-corrected chi connectivity index (χ4v) is 11.6. The Labute approximate surface area is 728 Å². The van der Waals surface area contributed by atoms with Crippen LogP contribution in [0.2, 0.25) is 0 Å². The molecule has 0 aromatic heterocycles. The minimum Gasteiger partial charge on any atom is -0.463 e. The van der Waals surface area contributed by atoms with Gasteiger partial charge < -0.3 is 144 Å². The van der Waals surface area contributed by atoms with Gasteiger partial charge in [0.2, 0.25) is 11.8 Å². The molecule has 0 aromatic carbocycles. The largest absolute Gasteiger partial charge is 0.463 e. The summed E-state index contributed by atoms with van der Waals surface area (Å²) in [6.07, 6.45) is -12.6. The van der Waals surface area contributed by atoms with Crippen molar-refractivity contribution in [1.29, 1.82) is 0 Å². The second-order valence-corrected chi connectivity index (χ2v) is 35.7. The lowest BCUT2D eigenvalue weighted by Crippen LogP contribution is -2.46. The van der Waals surface area contributed by atoms with Crippen molar-refractivity contribution in [2.45, 2.75) is 403 Å². The Balaban J connectivity index is -0.000000167. The lowest BCUT2D eigenvalue weighted by molar-refractivity contribution is -0.145. The lowest BCUT2D eigenvalue weighted by atomic mass is 10.0. The van der Waals surface area contributed by atoms with Crippen LogP contribution in [0.5, 0.6) is 0 Å². The lowest BCUT2D eigenvalue weighted by Gasteiger charge is -2.26. The van der Waals surface area contributed by atoms with Crippen molar-refractivity contribution in [3.63, 3.8) is 0 Å². The Kier molecular flexibility index (Phi) is 95.6. The standard InChI is InChI=1S/C10H22O5S2.4C10H22O5.C9H19NO2.C8H17NO2.C8H16O3.C8H16O2/c1-4-6-16(11,12)8-9-17(13,14)7-5-15-10(2)3;4*1-4-7(11)9(13)10(14)8(12)5-15-6(2)3;1-8(2)12-7-5-6-9(11)10(3)4;1-7(2)11-6-4-5-8(10)9-3;1-4-8(9)11-6-5-10-7(2)3;1-7(2)10-6-4-5-8(3)9/h10H,4-9H2,1-3H3;4*6-14H,4-5H2,1-3H3;8H,5-7H2,1-4H3;7H,4-6H2,1-3H3,(H,9,10);7H,4-6H2,1-3H3;7H,4-6H2,1-3H3/t;7-,8+,9+,10+;7-,8+,9+,10-;2*7-,8-,9-,10-;;;;/m.0110..../s1. The smallest absolute Gasteiger partial charge is 0.305 e. The van der Waals surface area contributed by atoms with E-state index in [9.17, 15) is 118 Å². The van der Waals surface area contributed by atoms with E-state index in [1.807, 2.05) is 69.2 Å². The summed E-state index contributed by atoms with van der Waals surface area (Å²) in [6, 6.07) is 0. The van der Waals surface area contributed by atoms with Crippen molar-refractivity contribution in [3.8, 4) is 0 Å². The molecule has 16 atom stereocenters. The van der Waals surface area contributed by atoms with Gasteiger partial charge in [0.05, 0.1) is 136 Å². The number of carbonyl (C=O) groups excluding carboxylic acids is 4. The summed E-state index contributed by atoms with van der Waals surface area (Å²) in [5.74, 6) is -0.344. The normalized spacial score (nSPS) is 15.5. The predicted molar refractivity (Wildman–Crippen MR) is 467 cm³/mol. The molecule has 36 nitrogen and oxygen atoms in total. The van der Waals surface area contributed by atoms with E-state index >= 15 is 0 Å². The summed E-state index contributed by atoms with van der Waals surface area (Å²) in [4.78, 5) is 44.4. The van der Waals surface area contributed by atoms with Gasteiger partial charge in [-0.25, -0.2) is 16.8 Å². The first-order valence-corrected chi connectivity index (χ1v) is 46.3. The number of hydrogen-bond acceptors (Lipinski definition) is 34. The van der Waals surface area contributed by atoms with E-state index in [4.69, 9.17) is 47.4 Å². The van der Waals surface area contributed by atoms with Crippen molar-refractivity contribution in [1.82, 2.24) is 10.2 Å². The van der Waals surface area contributed by atoms with Gasteiger partial charge in [-0.15, -0.1) is 0 Å². The molecule has 0 saturated heterocycles. The summed E-state index contributed by atoms with van der Waals surface area (Å²) in [5, 5.41) is 153. The summed E-state index contributed by atoms with van der Waals surface area (Å²) >= 11 is 0. The second-order valence-electron chi connectivity index (χ2n) is 31.1. The zero-order chi connectivity index (χ0) is 96.5. The highest BCUT2D eigenvalue weighted by Crippen LogP contribution is 2.14. The number of esters is 1. The van der Waals surface area contributed by atoms with Crippen molar-refractivity contribution < 1.29 is 165 Å². The van der Waals surface area contributed by atoms with Gasteiger partial charge >= 0.3 is 5.97 Å². The molecule has 0 aromatic rings. The molecule has 38 heteroatoms. The molecule has 0 heterocycles. The molecule has 0 fully saturated rings. The molecular weight excluding hydrogens is 1630 g/mol. The number of aliphatic hydroxyl groups excluding tert-OH is 16. The van der Waals surface area contributed by atoms with Crippen LogP contribution in [0, 0.1) is 0 Å². The van der Waals surface area contributed by atoms with Crippen LogP contribution in [0.1, 0.15) is 250 Å². The van der Waals surface area contributed by atoms with Crippen LogP contribution in [0.3, 0.4) is 0 Å². The average molecular weight is 1810 g/mol. The number of nitrogens with zero attached hydrogens (tertiary/aromatic N) is 1. The summed E-state index contributed by atoms with van der Waals surface area (Å²) in [5.41, 5.74) is 0. The fraction of sp³-hybridized carbons (Fsp3) is 0.952. The van der Waals surface area contributed by atoms with Crippen molar-refractivity contribution in [2.24, 2.45) is 0 Å². The van der Waals surface area contributed by atoms with Gasteiger partial charge in [-0.1, -0.05) is 41.5 Å². The highest BCUT2D eigenvalue weighted by Gasteiger charge is 2.33. The summed E-state index contributed by atoms with van der Waals surface area (Å²) in [6.45, 7) is 48.5. The van der Waals surface area contributed by atoms with Gasteiger partial charge in [-0.2, -0.15) is 0 Å². The molecule has 17 N–H and O–H groups in total. The molecule has 0 spiro atoms. The van der Waals surface area contributed by atoms with Crippen LogP contribution in [-0.4, -0.2) is 390 Å². The highest BCUT2D eigenvalue weighted by atomic mass is 32.2. The van der Waals surface area contributed by atoms with Crippen LogP contribution >= 0.6 is 0 Å². The SMILES string of the molecule is CC(=O)CCCOC(C)C.CC(C)OCCCC(=O)N(C)C.CCC(=O)OCCOC(C)C.CCCS(=O)(=O)CCS(=O)(=O)CCOC(C)C.CC[C@@H](O)[C@@H](O)[C@H](O)[C@H](O)COC(C)C.CC[C@@H](O)[C@H](O)[C@H](O)[C@@H](O)COC(C)C.CC[C@H](O)[C@@H](O)[C@H](O)[C@H](O)COC(C)C.CC[C@H](O)[C@H](O)[C@@H](O)[C@@H](O)COC(C)C.CNC(=O)CCCOC(C)C. The number of nitrogens with one attached hydrogen (secondary N) is 1.